The van der Waals surface area contributed by atoms with Gasteiger partial charge in [0.05, 0.1) is 0 Å². The van der Waals surface area contributed by atoms with Gasteiger partial charge in [-0.15, -0.1) is 0 Å². The quantitative estimate of drug-likeness (QED) is 0.685. The number of aryl methyl sites for hydroxylation is 2. The second kappa shape index (κ2) is 11.3. The Morgan fingerprint density at radius 1 is 0.912 bits per heavy atom. The maximum atomic E-state index is 13.4. The van der Waals surface area contributed by atoms with E-state index in [1.165, 1.54) is 5.56 Å². The number of nitrogens with one attached hydrogen (secondary N) is 1. The molecular formula is C28H35N3O3. The highest BCUT2D eigenvalue weighted by Gasteiger charge is 2.36. The van der Waals surface area contributed by atoms with Gasteiger partial charge in [0.2, 0.25) is 11.8 Å². The van der Waals surface area contributed by atoms with Gasteiger partial charge >= 0.3 is 0 Å². The molecule has 0 aromatic heterocycles. The molecule has 0 saturated carbocycles. The van der Waals surface area contributed by atoms with E-state index in [4.69, 9.17) is 0 Å². The van der Waals surface area contributed by atoms with Gasteiger partial charge in [-0.25, -0.2) is 0 Å². The van der Waals surface area contributed by atoms with Gasteiger partial charge in [0, 0.05) is 38.2 Å². The van der Waals surface area contributed by atoms with E-state index < -0.39 is 6.04 Å². The second-order valence-electron chi connectivity index (χ2n) is 9.56. The summed E-state index contributed by atoms with van der Waals surface area (Å²) in [5, 5.41) is 3.06. The third-order valence-electron chi connectivity index (χ3n) is 7.08. The van der Waals surface area contributed by atoms with Crippen molar-refractivity contribution in [3.63, 3.8) is 0 Å². The van der Waals surface area contributed by atoms with E-state index in [-0.39, 0.29) is 23.6 Å². The predicted molar refractivity (Wildman–Crippen MR) is 132 cm³/mol. The monoisotopic (exact) mass is 461 g/mol. The number of likely N-dealkylation sites (tertiary alicyclic amines) is 2. The maximum absolute atomic E-state index is 13.4. The lowest BCUT2D eigenvalue weighted by atomic mass is 9.88. The van der Waals surface area contributed by atoms with E-state index in [1.807, 2.05) is 65.3 Å². The number of hydrogen-bond acceptors (Lipinski definition) is 3. The largest absolute Gasteiger partial charge is 0.343 e. The van der Waals surface area contributed by atoms with Gasteiger partial charge in [0.25, 0.3) is 5.91 Å². The van der Waals surface area contributed by atoms with Gasteiger partial charge in [0.1, 0.15) is 6.04 Å². The molecule has 2 fully saturated rings. The van der Waals surface area contributed by atoms with E-state index in [2.05, 4.69) is 5.32 Å². The molecule has 2 aliphatic rings. The number of hydrogen-bond donors (Lipinski definition) is 1. The van der Waals surface area contributed by atoms with Crippen molar-refractivity contribution < 1.29 is 14.4 Å². The molecule has 1 atom stereocenters. The van der Waals surface area contributed by atoms with Gasteiger partial charge in [-0.3, -0.25) is 14.4 Å². The first-order chi connectivity index (χ1) is 16.5. The Hall–Kier alpha value is -3.15. The number of benzene rings is 2. The fourth-order valence-corrected chi connectivity index (χ4v) is 5.06. The average molecular weight is 462 g/mol. The summed E-state index contributed by atoms with van der Waals surface area (Å²) in [5.74, 6) is 0.00326. The smallest absolute Gasteiger partial charge is 0.251 e. The van der Waals surface area contributed by atoms with Gasteiger partial charge in [0.15, 0.2) is 0 Å². The Kier molecular flexibility index (Phi) is 7.99. The summed E-state index contributed by atoms with van der Waals surface area (Å²) in [5.41, 5.74) is 2.76. The molecular weight excluding hydrogens is 426 g/mol. The molecule has 0 bridgehead atoms. The van der Waals surface area contributed by atoms with Gasteiger partial charge in [-0.05, 0) is 62.6 Å². The van der Waals surface area contributed by atoms with Gasteiger partial charge < -0.3 is 15.1 Å². The van der Waals surface area contributed by atoms with Crippen molar-refractivity contribution in [2.75, 3.05) is 26.2 Å². The van der Waals surface area contributed by atoms with Crippen molar-refractivity contribution in [3.05, 3.63) is 71.3 Å². The summed E-state index contributed by atoms with van der Waals surface area (Å²) in [6.45, 7) is 4.72. The third-order valence-corrected chi connectivity index (χ3v) is 7.08. The second-order valence-corrected chi connectivity index (χ2v) is 9.56. The summed E-state index contributed by atoms with van der Waals surface area (Å²) in [7, 11) is 0. The Balaban J connectivity index is 1.38. The van der Waals surface area contributed by atoms with Crippen LogP contribution in [0, 0.1) is 12.8 Å². The Morgan fingerprint density at radius 3 is 2.29 bits per heavy atom. The molecule has 1 unspecified atom stereocenters. The highest BCUT2D eigenvalue weighted by Crippen LogP contribution is 2.25. The van der Waals surface area contributed by atoms with E-state index in [1.54, 1.807) is 6.07 Å². The Labute approximate surface area is 202 Å². The van der Waals surface area contributed by atoms with E-state index in [0.29, 0.717) is 25.1 Å². The fourth-order valence-electron chi connectivity index (χ4n) is 5.06. The minimum absolute atomic E-state index is 0.0207. The van der Waals surface area contributed by atoms with Crippen LogP contribution in [0.4, 0.5) is 0 Å². The molecule has 1 N–H and O–H groups in total. The number of rotatable bonds is 7. The molecule has 4 rings (SSSR count). The summed E-state index contributed by atoms with van der Waals surface area (Å²) in [4.78, 5) is 43.0. The van der Waals surface area contributed by atoms with Gasteiger partial charge in [-0.2, -0.15) is 0 Å². The molecule has 3 amide bonds. The molecule has 0 radical (unpaired) electrons. The minimum Gasteiger partial charge on any atom is -0.343 e. The standard InChI is InChI=1S/C28H35N3O3/c1-21-8-7-11-24(20-21)27(33)29-26(28(34)31-16-5-6-17-31)23-14-18-30(19-15-23)25(32)13-12-22-9-3-2-4-10-22/h2-4,7-11,20,23,26H,5-6,12-19H2,1H3,(H,29,33). The average Bonchev–Trinajstić information content (AvgIpc) is 3.41. The Morgan fingerprint density at radius 2 is 1.62 bits per heavy atom. The minimum atomic E-state index is -0.548. The molecule has 2 aromatic rings. The van der Waals surface area contributed by atoms with Crippen LogP contribution in [0.5, 0.6) is 0 Å². The van der Waals surface area contributed by atoms with Crippen molar-refractivity contribution in [3.8, 4) is 0 Å². The molecule has 2 heterocycles. The van der Waals surface area contributed by atoms with E-state index in [0.717, 1.165) is 50.8 Å². The van der Waals surface area contributed by atoms with Crippen LogP contribution >= 0.6 is 0 Å². The molecule has 34 heavy (non-hydrogen) atoms. The first-order valence-electron chi connectivity index (χ1n) is 12.5. The first-order valence-corrected chi connectivity index (χ1v) is 12.5. The molecule has 6 heteroatoms. The number of amides is 3. The van der Waals surface area contributed by atoms with Crippen molar-refractivity contribution in [2.45, 2.75) is 51.5 Å². The normalized spacial score (nSPS) is 17.4. The van der Waals surface area contributed by atoms with Crippen LogP contribution in [0.15, 0.2) is 54.6 Å². The van der Waals surface area contributed by atoms with Crippen molar-refractivity contribution in [2.24, 2.45) is 5.92 Å². The number of carbonyl (C=O) groups is 3. The molecule has 180 valence electrons. The molecule has 0 aliphatic carbocycles. The van der Waals surface area contributed by atoms with Crippen molar-refractivity contribution in [1.29, 1.82) is 0 Å². The lowest BCUT2D eigenvalue weighted by Crippen LogP contribution is -2.54. The fraction of sp³-hybridized carbons (Fsp3) is 0.464. The maximum Gasteiger partial charge on any atom is 0.251 e. The highest BCUT2D eigenvalue weighted by molar-refractivity contribution is 5.97. The summed E-state index contributed by atoms with van der Waals surface area (Å²) < 4.78 is 0. The highest BCUT2D eigenvalue weighted by atomic mass is 16.2. The zero-order valence-electron chi connectivity index (χ0n) is 20.0. The zero-order valence-corrected chi connectivity index (χ0v) is 20.0. The Bertz CT molecular complexity index is 993. The van der Waals surface area contributed by atoms with Crippen molar-refractivity contribution in [1.82, 2.24) is 15.1 Å². The zero-order chi connectivity index (χ0) is 23.9. The molecule has 2 saturated heterocycles. The summed E-state index contributed by atoms with van der Waals surface area (Å²) in [6, 6.07) is 17.0. The SMILES string of the molecule is Cc1cccc(C(=O)NC(C(=O)N2CCCC2)C2CCN(C(=O)CCc3ccccc3)CC2)c1. The molecule has 2 aliphatic heterocycles. The first kappa shape index (κ1) is 24.0. The number of carbonyl (C=O) groups excluding carboxylic acids is 3. The predicted octanol–water partition coefficient (Wildman–Crippen LogP) is 3.59. The third kappa shape index (κ3) is 6.04. The van der Waals surface area contributed by atoms with Crippen LogP contribution in [0.3, 0.4) is 0 Å². The summed E-state index contributed by atoms with van der Waals surface area (Å²) >= 11 is 0. The molecule has 2 aromatic carbocycles. The van der Waals surface area contributed by atoms with Crippen LogP contribution in [0.1, 0.15) is 53.6 Å². The molecule has 6 nitrogen and oxygen atoms in total. The summed E-state index contributed by atoms with van der Waals surface area (Å²) in [6.07, 6.45) is 4.69. The number of nitrogens with zero attached hydrogens (tertiary/aromatic N) is 2. The van der Waals surface area contributed by atoms with Crippen LogP contribution in [0.2, 0.25) is 0 Å². The van der Waals surface area contributed by atoms with Crippen LogP contribution < -0.4 is 5.32 Å². The van der Waals surface area contributed by atoms with Crippen LogP contribution in [-0.4, -0.2) is 59.7 Å². The lowest BCUT2D eigenvalue weighted by molar-refractivity contribution is -0.135. The molecule has 0 spiro atoms. The topological polar surface area (TPSA) is 69.7 Å². The van der Waals surface area contributed by atoms with Crippen molar-refractivity contribution >= 4 is 17.7 Å². The van der Waals surface area contributed by atoms with Crippen LogP contribution in [0.25, 0.3) is 0 Å². The van der Waals surface area contributed by atoms with Crippen LogP contribution in [-0.2, 0) is 16.0 Å². The number of piperidine rings is 1. The van der Waals surface area contributed by atoms with E-state index in [9.17, 15) is 14.4 Å². The van der Waals surface area contributed by atoms with Gasteiger partial charge in [-0.1, -0.05) is 48.0 Å². The van der Waals surface area contributed by atoms with E-state index >= 15 is 0 Å². The lowest BCUT2D eigenvalue weighted by Gasteiger charge is -2.37.